The van der Waals surface area contributed by atoms with Crippen molar-refractivity contribution in [3.8, 4) is 0 Å². The summed E-state index contributed by atoms with van der Waals surface area (Å²) in [4.78, 5) is 0. The maximum atomic E-state index is 5.64. The number of nitrogens with two attached hydrogens (primary N) is 1. The molecular weight excluding hydrogens is 216 g/mol. The summed E-state index contributed by atoms with van der Waals surface area (Å²) in [6.45, 7) is 6.00. The zero-order chi connectivity index (χ0) is 9.72. The van der Waals surface area contributed by atoms with Gasteiger partial charge in [0.25, 0.3) is 0 Å². The molecule has 0 saturated heterocycles. The first-order chi connectivity index (χ1) is 5.63. The van der Waals surface area contributed by atoms with E-state index in [2.05, 4.69) is 13.2 Å². The Labute approximate surface area is 86.7 Å². The Morgan fingerprint density at radius 3 is 1.92 bits per heavy atom. The molecule has 0 heterocycles. The van der Waals surface area contributed by atoms with Crippen LogP contribution in [0.2, 0.25) is 15.1 Å². The summed E-state index contributed by atoms with van der Waals surface area (Å²) in [5.41, 5.74) is 5.86. The van der Waals surface area contributed by atoms with Crippen LogP contribution in [0.25, 0.3) is 0 Å². The second kappa shape index (κ2) is 5.31. The Balaban J connectivity index is 0.000000561. The van der Waals surface area contributed by atoms with E-state index in [1.807, 2.05) is 0 Å². The second-order valence-corrected chi connectivity index (χ2v) is 2.93. The molecular formula is C8H8Cl3N. The molecule has 0 unspecified atom stereocenters. The van der Waals surface area contributed by atoms with E-state index in [4.69, 9.17) is 40.5 Å². The van der Waals surface area contributed by atoms with E-state index in [1.165, 1.54) is 0 Å². The van der Waals surface area contributed by atoms with Crippen LogP contribution >= 0.6 is 34.8 Å². The predicted octanol–water partition coefficient (Wildman–Crippen LogP) is 4.03. The molecule has 1 aromatic rings. The van der Waals surface area contributed by atoms with Gasteiger partial charge in [0.1, 0.15) is 0 Å². The van der Waals surface area contributed by atoms with Gasteiger partial charge in [0.2, 0.25) is 0 Å². The monoisotopic (exact) mass is 223 g/mol. The number of anilines is 1. The van der Waals surface area contributed by atoms with Crippen molar-refractivity contribution >= 4 is 40.5 Å². The standard InChI is InChI=1S/C6H4Cl3N.C2H4/c7-3-1-2-4(10)6(9)5(3)8;1-2/h1-2H,10H2;1-2H2. The van der Waals surface area contributed by atoms with Gasteiger partial charge in [-0.2, -0.15) is 0 Å². The highest BCUT2D eigenvalue weighted by Gasteiger charge is 2.04. The van der Waals surface area contributed by atoms with Crippen molar-refractivity contribution in [1.82, 2.24) is 0 Å². The van der Waals surface area contributed by atoms with E-state index < -0.39 is 0 Å². The fraction of sp³-hybridized carbons (Fsp3) is 0. The normalized spacial score (nSPS) is 8.58. The smallest absolute Gasteiger partial charge is 0.0836 e. The maximum absolute atomic E-state index is 5.64. The number of rotatable bonds is 0. The summed E-state index contributed by atoms with van der Waals surface area (Å²) in [5.74, 6) is 0. The molecule has 1 aromatic carbocycles. The quantitative estimate of drug-likeness (QED) is 0.402. The van der Waals surface area contributed by atoms with Gasteiger partial charge in [-0.25, -0.2) is 0 Å². The molecule has 0 saturated carbocycles. The van der Waals surface area contributed by atoms with E-state index in [0.29, 0.717) is 20.8 Å². The van der Waals surface area contributed by atoms with Crippen molar-refractivity contribution in [2.75, 3.05) is 5.73 Å². The third-order valence-corrected chi connectivity index (χ3v) is 2.37. The predicted molar refractivity (Wildman–Crippen MR) is 57.1 cm³/mol. The number of nitrogen functional groups attached to an aromatic ring is 1. The minimum Gasteiger partial charge on any atom is -0.397 e. The fourth-order valence-electron chi connectivity index (χ4n) is 0.541. The van der Waals surface area contributed by atoms with E-state index in [1.54, 1.807) is 12.1 Å². The zero-order valence-corrected chi connectivity index (χ0v) is 8.55. The van der Waals surface area contributed by atoms with Gasteiger partial charge >= 0.3 is 0 Å². The average Bonchev–Trinajstić information content (AvgIpc) is 2.12. The summed E-state index contributed by atoms with van der Waals surface area (Å²) in [6, 6.07) is 3.21. The zero-order valence-electron chi connectivity index (χ0n) is 6.28. The summed E-state index contributed by atoms with van der Waals surface area (Å²) in [5, 5.41) is 1.04. The van der Waals surface area contributed by atoms with Gasteiger partial charge in [0.15, 0.2) is 0 Å². The van der Waals surface area contributed by atoms with Crippen molar-refractivity contribution in [2.24, 2.45) is 0 Å². The van der Waals surface area contributed by atoms with E-state index in [9.17, 15) is 0 Å². The summed E-state index contributed by atoms with van der Waals surface area (Å²) in [6.07, 6.45) is 0. The van der Waals surface area contributed by atoms with Crippen LogP contribution in [0.15, 0.2) is 25.3 Å². The molecule has 0 atom stereocenters. The molecule has 1 rings (SSSR count). The Morgan fingerprint density at radius 2 is 1.50 bits per heavy atom. The van der Waals surface area contributed by atoms with Gasteiger partial charge in [0, 0.05) is 0 Å². The van der Waals surface area contributed by atoms with Crippen molar-refractivity contribution in [2.45, 2.75) is 0 Å². The van der Waals surface area contributed by atoms with E-state index >= 15 is 0 Å². The SMILES string of the molecule is C=C.Nc1ccc(Cl)c(Cl)c1Cl. The molecule has 0 aliphatic carbocycles. The first-order valence-electron chi connectivity index (χ1n) is 3.02. The van der Waals surface area contributed by atoms with Gasteiger partial charge in [-0.15, -0.1) is 13.2 Å². The van der Waals surface area contributed by atoms with Crippen LogP contribution in [-0.2, 0) is 0 Å². The molecule has 66 valence electrons. The van der Waals surface area contributed by atoms with Gasteiger partial charge < -0.3 is 5.73 Å². The maximum Gasteiger partial charge on any atom is 0.0836 e. The lowest BCUT2D eigenvalue weighted by Gasteiger charge is -2.00. The van der Waals surface area contributed by atoms with Gasteiger partial charge in [-0.05, 0) is 12.1 Å². The topological polar surface area (TPSA) is 26.0 Å². The van der Waals surface area contributed by atoms with Crippen LogP contribution in [0.1, 0.15) is 0 Å². The third kappa shape index (κ3) is 2.59. The molecule has 0 radical (unpaired) electrons. The van der Waals surface area contributed by atoms with Crippen molar-refractivity contribution in [3.05, 3.63) is 40.4 Å². The second-order valence-electron chi connectivity index (χ2n) is 1.76. The van der Waals surface area contributed by atoms with Crippen LogP contribution in [0.4, 0.5) is 5.69 Å². The van der Waals surface area contributed by atoms with Crippen molar-refractivity contribution < 1.29 is 0 Å². The molecule has 2 N–H and O–H groups in total. The lowest BCUT2D eigenvalue weighted by atomic mass is 10.3. The summed E-state index contributed by atoms with van der Waals surface area (Å²) >= 11 is 16.9. The molecule has 0 spiro atoms. The van der Waals surface area contributed by atoms with Gasteiger partial charge in [-0.3, -0.25) is 0 Å². The molecule has 12 heavy (non-hydrogen) atoms. The lowest BCUT2D eigenvalue weighted by molar-refractivity contribution is 1.68. The molecule has 0 aliphatic rings. The number of hydrogen-bond acceptors (Lipinski definition) is 1. The molecule has 1 nitrogen and oxygen atoms in total. The van der Waals surface area contributed by atoms with Crippen LogP contribution in [-0.4, -0.2) is 0 Å². The van der Waals surface area contributed by atoms with Crippen LogP contribution in [0.5, 0.6) is 0 Å². The minimum atomic E-state index is 0.309. The fourth-order valence-corrected chi connectivity index (χ4v) is 1.08. The Morgan fingerprint density at radius 1 is 1.00 bits per heavy atom. The first-order valence-corrected chi connectivity index (χ1v) is 4.15. The van der Waals surface area contributed by atoms with Gasteiger partial charge in [-0.1, -0.05) is 34.8 Å². The minimum absolute atomic E-state index is 0.309. The van der Waals surface area contributed by atoms with Crippen LogP contribution in [0, 0.1) is 0 Å². The van der Waals surface area contributed by atoms with Crippen molar-refractivity contribution in [3.63, 3.8) is 0 Å². The van der Waals surface area contributed by atoms with Crippen LogP contribution < -0.4 is 5.73 Å². The molecule has 0 aliphatic heterocycles. The highest BCUT2D eigenvalue weighted by Crippen LogP contribution is 2.33. The molecule has 4 heteroatoms. The Bertz CT molecular complexity index is 246. The number of halogens is 3. The lowest BCUT2D eigenvalue weighted by Crippen LogP contribution is -1.85. The van der Waals surface area contributed by atoms with Crippen LogP contribution in [0.3, 0.4) is 0 Å². The highest BCUT2D eigenvalue weighted by atomic mass is 35.5. The molecule has 0 aromatic heterocycles. The largest absolute Gasteiger partial charge is 0.397 e. The average molecular weight is 225 g/mol. The van der Waals surface area contributed by atoms with E-state index in [-0.39, 0.29) is 0 Å². The molecule has 0 amide bonds. The van der Waals surface area contributed by atoms with E-state index in [0.717, 1.165) is 0 Å². The molecule has 0 fully saturated rings. The van der Waals surface area contributed by atoms with Gasteiger partial charge in [0.05, 0.1) is 20.8 Å². The van der Waals surface area contributed by atoms with Crippen molar-refractivity contribution in [1.29, 1.82) is 0 Å². The first kappa shape index (κ1) is 11.6. The summed E-state index contributed by atoms with van der Waals surface area (Å²) < 4.78 is 0. The summed E-state index contributed by atoms with van der Waals surface area (Å²) in [7, 11) is 0. The Hall–Kier alpha value is -0.370. The number of benzene rings is 1. The highest BCUT2D eigenvalue weighted by molar-refractivity contribution is 6.49. The molecule has 0 bridgehead atoms. The Kier molecular flexibility index (Phi) is 5.14. The third-order valence-electron chi connectivity index (χ3n) is 1.07. The number of hydrogen-bond donors (Lipinski definition) is 1.